The van der Waals surface area contributed by atoms with Gasteiger partial charge in [0.05, 0.1) is 23.1 Å². The number of carbonyl (C=O) groups excluding carboxylic acids is 2. The van der Waals surface area contributed by atoms with Crippen LogP contribution in [0.4, 0.5) is 5.69 Å². The van der Waals surface area contributed by atoms with E-state index in [1.165, 1.54) is 11.8 Å². The van der Waals surface area contributed by atoms with Gasteiger partial charge in [0.1, 0.15) is 0 Å². The van der Waals surface area contributed by atoms with Crippen LogP contribution in [-0.4, -0.2) is 24.2 Å². The normalized spacial score (nSPS) is 10.7. The molecule has 0 unspecified atom stereocenters. The Hall–Kier alpha value is -2.78. The number of benzene rings is 2. The van der Waals surface area contributed by atoms with Gasteiger partial charge in [0.15, 0.2) is 6.61 Å². The minimum absolute atomic E-state index is 0.000725. The fourth-order valence-electron chi connectivity index (χ4n) is 2.31. The first-order valence-electron chi connectivity index (χ1n) is 8.47. The number of amides is 1. The average molecular weight is 382 g/mol. The summed E-state index contributed by atoms with van der Waals surface area (Å²) in [5.41, 5.74) is 2.11. The molecule has 0 radical (unpaired) electrons. The molecule has 0 aliphatic carbocycles. The third kappa shape index (κ3) is 6.15. The maximum absolute atomic E-state index is 12.1. The fraction of sp³-hybridized carbons (Fsp3) is 0.286. The number of rotatable bonds is 6. The number of hydrogen-bond acceptors (Lipinski definition) is 5. The molecule has 140 valence electrons. The van der Waals surface area contributed by atoms with Crippen molar-refractivity contribution in [1.29, 1.82) is 5.26 Å². The van der Waals surface area contributed by atoms with Crippen molar-refractivity contribution in [3.63, 3.8) is 0 Å². The van der Waals surface area contributed by atoms with Crippen LogP contribution in [0.1, 0.15) is 36.7 Å². The molecule has 1 amide bonds. The van der Waals surface area contributed by atoms with Gasteiger partial charge in [0.25, 0.3) is 5.91 Å². The van der Waals surface area contributed by atoms with Crippen molar-refractivity contribution in [2.75, 3.05) is 17.7 Å². The number of anilines is 1. The Labute approximate surface area is 163 Å². The summed E-state index contributed by atoms with van der Waals surface area (Å²) in [6.45, 7) is 5.91. The van der Waals surface area contributed by atoms with Crippen LogP contribution in [-0.2, 0) is 14.9 Å². The zero-order valence-corrected chi connectivity index (χ0v) is 16.4. The molecule has 2 rings (SSSR count). The van der Waals surface area contributed by atoms with Gasteiger partial charge >= 0.3 is 5.97 Å². The van der Waals surface area contributed by atoms with Crippen LogP contribution in [0.5, 0.6) is 0 Å². The third-order valence-corrected chi connectivity index (χ3v) is 4.71. The number of carbonyl (C=O) groups is 2. The Morgan fingerprint density at radius 2 is 1.78 bits per heavy atom. The zero-order chi connectivity index (χ0) is 19.9. The van der Waals surface area contributed by atoms with E-state index in [4.69, 9.17) is 10.00 Å². The molecule has 0 aromatic heterocycles. The maximum Gasteiger partial charge on any atom is 0.338 e. The smallest absolute Gasteiger partial charge is 0.338 e. The van der Waals surface area contributed by atoms with E-state index in [1.807, 2.05) is 30.3 Å². The quantitative estimate of drug-likeness (QED) is 0.592. The van der Waals surface area contributed by atoms with Crippen LogP contribution < -0.4 is 5.32 Å². The van der Waals surface area contributed by atoms with Crippen molar-refractivity contribution in [2.45, 2.75) is 31.1 Å². The highest BCUT2D eigenvalue weighted by Gasteiger charge is 2.16. The highest BCUT2D eigenvalue weighted by molar-refractivity contribution is 7.99. The molecule has 27 heavy (non-hydrogen) atoms. The van der Waals surface area contributed by atoms with Gasteiger partial charge in [-0.1, -0.05) is 45.0 Å². The number of ether oxygens (including phenoxy) is 1. The van der Waals surface area contributed by atoms with Gasteiger partial charge in [-0.25, -0.2) is 4.79 Å². The average Bonchev–Trinajstić information content (AvgIpc) is 2.65. The lowest BCUT2D eigenvalue weighted by atomic mass is 9.87. The molecule has 0 saturated carbocycles. The van der Waals surface area contributed by atoms with Crippen molar-refractivity contribution in [2.24, 2.45) is 0 Å². The Morgan fingerprint density at radius 3 is 2.41 bits per heavy atom. The van der Waals surface area contributed by atoms with Crippen molar-refractivity contribution in [3.05, 3.63) is 59.7 Å². The van der Waals surface area contributed by atoms with E-state index < -0.39 is 11.9 Å². The molecule has 0 atom stereocenters. The summed E-state index contributed by atoms with van der Waals surface area (Å²) in [7, 11) is 0. The highest BCUT2D eigenvalue weighted by atomic mass is 32.2. The number of nitrogens with one attached hydrogen (secondary N) is 1. The second-order valence-electron chi connectivity index (χ2n) is 6.89. The van der Waals surface area contributed by atoms with Crippen LogP contribution in [0.3, 0.4) is 0 Å². The second kappa shape index (κ2) is 9.24. The molecule has 0 aliphatic heterocycles. The Bertz CT molecular complexity index is 849. The van der Waals surface area contributed by atoms with Gasteiger partial charge in [-0.05, 0) is 35.2 Å². The first kappa shape index (κ1) is 20.5. The van der Waals surface area contributed by atoms with Gasteiger partial charge in [-0.3, -0.25) is 4.79 Å². The van der Waals surface area contributed by atoms with Crippen LogP contribution >= 0.6 is 11.8 Å². The number of esters is 1. The molecule has 6 heteroatoms. The van der Waals surface area contributed by atoms with E-state index in [9.17, 15) is 9.59 Å². The summed E-state index contributed by atoms with van der Waals surface area (Å²) >= 11 is 1.33. The molecule has 2 aromatic carbocycles. The zero-order valence-electron chi connectivity index (χ0n) is 15.6. The lowest BCUT2D eigenvalue weighted by molar-refractivity contribution is -0.119. The molecule has 0 spiro atoms. The van der Waals surface area contributed by atoms with Crippen molar-refractivity contribution in [3.8, 4) is 6.07 Å². The van der Waals surface area contributed by atoms with E-state index in [-0.39, 0.29) is 17.8 Å². The monoisotopic (exact) mass is 382 g/mol. The lowest BCUT2D eigenvalue weighted by Crippen LogP contribution is -2.21. The van der Waals surface area contributed by atoms with E-state index in [1.54, 1.807) is 24.3 Å². The summed E-state index contributed by atoms with van der Waals surface area (Å²) in [6, 6.07) is 16.4. The largest absolute Gasteiger partial charge is 0.452 e. The molecule has 0 aliphatic rings. The first-order valence-corrected chi connectivity index (χ1v) is 9.46. The summed E-state index contributed by atoms with van der Waals surface area (Å²) in [5, 5.41) is 11.4. The molecule has 1 N–H and O–H groups in total. The molecule has 0 saturated heterocycles. The van der Waals surface area contributed by atoms with Crippen molar-refractivity contribution < 1.29 is 14.3 Å². The summed E-state index contributed by atoms with van der Waals surface area (Å²) in [5.74, 6) is -0.690. The minimum Gasteiger partial charge on any atom is -0.452 e. The predicted molar refractivity (Wildman–Crippen MR) is 107 cm³/mol. The second-order valence-corrected chi connectivity index (χ2v) is 7.91. The Balaban J connectivity index is 1.92. The molecular formula is C21H22N2O3S. The standard InChI is InChI=1S/C21H22N2O3S/c1-21(2,3)16-10-8-15(9-11-16)20(25)26-14-19(24)23-17-6-4-5-7-18(17)27-13-12-22/h4-11H,13-14H2,1-3H3,(H,23,24). The predicted octanol–water partition coefficient (Wildman–Crippen LogP) is 4.40. The Kier molecular flexibility index (Phi) is 7.03. The van der Waals surface area contributed by atoms with E-state index >= 15 is 0 Å². The molecule has 0 heterocycles. The van der Waals surface area contributed by atoms with Crippen molar-refractivity contribution >= 4 is 29.3 Å². The van der Waals surface area contributed by atoms with Crippen LogP contribution in [0, 0.1) is 11.3 Å². The number of thioether (sulfide) groups is 1. The molecular weight excluding hydrogens is 360 g/mol. The van der Waals surface area contributed by atoms with Crippen LogP contribution in [0.15, 0.2) is 53.4 Å². The summed E-state index contributed by atoms with van der Waals surface area (Å²) in [6.07, 6.45) is 0. The maximum atomic E-state index is 12.1. The van der Waals surface area contributed by atoms with Gasteiger partial charge in [-0.15, -0.1) is 11.8 Å². The molecule has 0 fully saturated rings. The topological polar surface area (TPSA) is 79.2 Å². The number of hydrogen-bond donors (Lipinski definition) is 1. The van der Waals surface area contributed by atoms with Gasteiger partial charge in [-0.2, -0.15) is 5.26 Å². The van der Waals surface area contributed by atoms with Crippen LogP contribution in [0.2, 0.25) is 0 Å². The number of nitrogens with zero attached hydrogens (tertiary/aromatic N) is 1. The SMILES string of the molecule is CC(C)(C)c1ccc(C(=O)OCC(=O)Nc2ccccc2SCC#N)cc1. The number of nitriles is 1. The molecule has 2 aromatic rings. The summed E-state index contributed by atoms with van der Waals surface area (Å²) in [4.78, 5) is 25.0. The lowest BCUT2D eigenvalue weighted by Gasteiger charge is -2.18. The van der Waals surface area contributed by atoms with E-state index in [0.717, 1.165) is 10.5 Å². The highest BCUT2D eigenvalue weighted by Crippen LogP contribution is 2.26. The number of para-hydroxylation sites is 1. The van der Waals surface area contributed by atoms with E-state index in [0.29, 0.717) is 11.3 Å². The van der Waals surface area contributed by atoms with Crippen LogP contribution in [0.25, 0.3) is 0 Å². The fourth-order valence-corrected chi connectivity index (χ4v) is 2.98. The van der Waals surface area contributed by atoms with Crippen molar-refractivity contribution in [1.82, 2.24) is 0 Å². The summed E-state index contributed by atoms with van der Waals surface area (Å²) < 4.78 is 5.10. The minimum atomic E-state index is -0.544. The molecule has 0 bridgehead atoms. The molecule has 5 nitrogen and oxygen atoms in total. The first-order chi connectivity index (χ1) is 12.8. The Morgan fingerprint density at radius 1 is 1.11 bits per heavy atom. The van der Waals surface area contributed by atoms with Gasteiger partial charge < -0.3 is 10.1 Å². The third-order valence-electron chi connectivity index (χ3n) is 3.77. The van der Waals surface area contributed by atoms with Gasteiger partial charge in [0.2, 0.25) is 0 Å². The van der Waals surface area contributed by atoms with Gasteiger partial charge in [0, 0.05) is 4.90 Å². The van der Waals surface area contributed by atoms with E-state index in [2.05, 4.69) is 26.1 Å².